The normalized spacial score (nSPS) is 20.2. The van der Waals surface area contributed by atoms with Crippen molar-refractivity contribution in [3.05, 3.63) is 58.6 Å². The molecule has 1 aliphatic heterocycles. The summed E-state index contributed by atoms with van der Waals surface area (Å²) in [5.41, 5.74) is 1.50. The van der Waals surface area contributed by atoms with Crippen LogP contribution in [0.2, 0.25) is 5.02 Å². The number of fused-ring (bicyclic) bond motifs is 1. The quantitative estimate of drug-likeness (QED) is 0.734. The molecule has 1 aromatic carbocycles. The Balaban J connectivity index is 1.77. The van der Waals surface area contributed by atoms with Crippen molar-refractivity contribution in [3.63, 3.8) is 0 Å². The van der Waals surface area contributed by atoms with E-state index in [1.54, 1.807) is 27.6 Å². The number of hydrogen-bond acceptors (Lipinski definition) is 6. The van der Waals surface area contributed by atoms with E-state index in [1.807, 2.05) is 25.1 Å². The SMILES string of the molecule is Cc1ccn2c(C(=O)N3CCO[C@@H](CO)[C@@H]3c3ccccc3Cl)nnc2n1. The van der Waals surface area contributed by atoms with Gasteiger partial charge in [0.1, 0.15) is 6.10 Å². The lowest BCUT2D eigenvalue weighted by molar-refractivity contribution is -0.0814. The molecule has 1 amide bonds. The lowest BCUT2D eigenvalue weighted by Gasteiger charge is -2.40. The van der Waals surface area contributed by atoms with Gasteiger partial charge in [-0.1, -0.05) is 29.8 Å². The number of aliphatic hydroxyl groups excluding tert-OH is 1. The predicted molar refractivity (Wildman–Crippen MR) is 97.6 cm³/mol. The maximum Gasteiger partial charge on any atom is 0.292 e. The molecule has 3 heterocycles. The number of halogens is 1. The minimum Gasteiger partial charge on any atom is -0.394 e. The van der Waals surface area contributed by atoms with Gasteiger partial charge in [0.2, 0.25) is 5.82 Å². The van der Waals surface area contributed by atoms with Crippen molar-refractivity contribution in [1.29, 1.82) is 0 Å². The van der Waals surface area contributed by atoms with E-state index in [1.165, 1.54) is 0 Å². The van der Waals surface area contributed by atoms with Crippen LogP contribution in [0.1, 0.15) is 27.9 Å². The molecular weight excluding hydrogens is 370 g/mol. The molecule has 1 N–H and O–H groups in total. The van der Waals surface area contributed by atoms with Crippen LogP contribution in [0.25, 0.3) is 5.78 Å². The van der Waals surface area contributed by atoms with Crippen LogP contribution in [-0.2, 0) is 4.74 Å². The number of aryl methyl sites for hydroxylation is 1. The molecule has 0 unspecified atom stereocenters. The number of amides is 1. The summed E-state index contributed by atoms with van der Waals surface area (Å²) in [4.78, 5) is 19.2. The van der Waals surface area contributed by atoms with Gasteiger partial charge in [-0.15, -0.1) is 10.2 Å². The maximum atomic E-state index is 13.3. The van der Waals surface area contributed by atoms with Gasteiger partial charge >= 0.3 is 0 Å². The first-order chi connectivity index (χ1) is 13.1. The number of morpholine rings is 1. The van der Waals surface area contributed by atoms with Crippen molar-refractivity contribution in [2.24, 2.45) is 0 Å². The van der Waals surface area contributed by atoms with Crippen LogP contribution in [-0.4, -0.2) is 61.4 Å². The minimum atomic E-state index is -0.581. The van der Waals surface area contributed by atoms with Crippen LogP contribution < -0.4 is 0 Å². The number of aliphatic hydroxyl groups is 1. The Bertz CT molecular complexity index is 992. The van der Waals surface area contributed by atoms with Crippen LogP contribution >= 0.6 is 11.6 Å². The van der Waals surface area contributed by atoms with Crippen molar-refractivity contribution in [2.45, 2.75) is 19.1 Å². The van der Waals surface area contributed by atoms with Crippen LogP contribution in [0.3, 0.4) is 0 Å². The van der Waals surface area contributed by atoms with E-state index in [0.717, 1.165) is 5.69 Å². The van der Waals surface area contributed by atoms with Crippen LogP contribution in [0.5, 0.6) is 0 Å². The molecule has 1 aliphatic rings. The molecule has 2 aromatic heterocycles. The second-order valence-electron chi connectivity index (χ2n) is 6.32. The van der Waals surface area contributed by atoms with Gasteiger partial charge in [0.05, 0.1) is 19.3 Å². The minimum absolute atomic E-state index is 0.160. The highest BCUT2D eigenvalue weighted by atomic mass is 35.5. The first-order valence-corrected chi connectivity index (χ1v) is 8.94. The number of hydrogen-bond donors (Lipinski definition) is 1. The van der Waals surface area contributed by atoms with Gasteiger partial charge in [-0.25, -0.2) is 4.98 Å². The number of aromatic nitrogens is 4. The molecule has 0 bridgehead atoms. The third kappa shape index (κ3) is 3.16. The van der Waals surface area contributed by atoms with Gasteiger partial charge in [-0.05, 0) is 24.6 Å². The molecular formula is C18H18ClN5O3. The van der Waals surface area contributed by atoms with Gasteiger partial charge in [0, 0.05) is 23.5 Å². The largest absolute Gasteiger partial charge is 0.394 e. The standard InChI is InChI=1S/C18H18ClN5O3/c1-11-6-7-24-16(21-22-18(24)20-11)17(26)23-8-9-27-14(10-25)15(23)12-4-2-3-5-13(12)19/h2-7,14-15,25H,8-10H2,1H3/t14-,15-/m0/s1. The van der Waals surface area contributed by atoms with Gasteiger partial charge in [0.15, 0.2) is 0 Å². The third-order valence-corrected chi connectivity index (χ3v) is 4.97. The lowest BCUT2D eigenvalue weighted by Crippen LogP contribution is -2.50. The number of benzene rings is 1. The molecule has 9 heteroatoms. The molecule has 0 radical (unpaired) electrons. The third-order valence-electron chi connectivity index (χ3n) is 4.63. The zero-order valence-corrected chi connectivity index (χ0v) is 15.4. The monoisotopic (exact) mass is 387 g/mol. The fraction of sp³-hybridized carbons (Fsp3) is 0.333. The Morgan fingerprint density at radius 1 is 1.33 bits per heavy atom. The number of carbonyl (C=O) groups excluding carboxylic acids is 1. The zero-order valence-electron chi connectivity index (χ0n) is 14.6. The Labute approximate surface area is 160 Å². The lowest BCUT2D eigenvalue weighted by atomic mass is 9.98. The van der Waals surface area contributed by atoms with Gasteiger partial charge in [0.25, 0.3) is 11.7 Å². The molecule has 27 heavy (non-hydrogen) atoms. The summed E-state index contributed by atoms with van der Waals surface area (Å²) in [6.45, 7) is 2.27. The molecule has 140 valence electrons. The maximum absolute atomic E-state index is 13.3. The molecule has 0 aliphatic carbocycles. The van der Waals surface area contributed by atoms with E-state index in [4.69, 9.17) is 16.3 Å². The highest BCUT2D eigenvalue weighted by Crippen LogP contribution is 2.34. The Hall–Kier alpha value is -2.55. The Morgan fingerprint density at radius 2 is 2.15 bits per heavy atom. The first-order valence-electron chi connectivity index (χ1n) is 8.56. The van der Waals surface area contributed by atoms with Gasteiger partial charge in [-0.3, -0.25) is 9.20 Å². The number of rotatable bonds is 3. The summed E-state index contributed by atoms with van der Waals surface area (Å²) in [6, 6.07) is 8.49. The van der Waals surface area contributed by atoms with Gasteiger partial charge < -0.3 is 14.7 Å². The average molecular weight is 388 g/mol. The fourth-order valence-electron chi connectivity index (χ4n) is 3.35. The molecule has 3 aromatic rings. The zero-order chi connectivity index (χ0) is 19.0. The van der Waals surface area contributed by atoms with E-state index >= 15 is 0 Å². The highest BCUT2D eigenvalue weighted by molar-refractivity contribution is 6.31. The van der Waals surface area contributed by atoms with E-state index < -0.39 is 12.1 Å². The molecule has 0 spiro atoms. The van der Waals surface area contributed by atoms with Crippen molar-refractivity contribution in [1.82, 2.24) is 24.5 Å². The first kappa shape index (κ1) is 17.8. The summed E-state index contributed by atoms with van der Waals surface area (Å²) < 4.78 is 7.25. The average Bonchev–Trinajstić information content (AvgIpc) is 3.10. The Kier molecular flexibility index (Phi) is 4.77. The van der Waals surface area contributed by atoms with Gasteiger partial charge in [-0.2, -0.15) is 0 Å². The highest BCUT2D eigenvalue weighted by Gasteiger charge is 2.38. The van der Waals surface area contributed by atoms with Crippen molar-refractivity contribution >= 4 is 23.3 Å². The van der Waals surface area contributed by atoms with E-state index in [-0.39, 0.29) is 18.3 Å². The summed E-state index contributed by atoms with van der Waals surface area (Å²) in [5, 5.41) is 18.3. The van der Waals surface area contributed by atoms with Crippen molar-refractivity contribution in [2.75, 3.05) is 19.8 Å². The number of carbonyl (C=O) groups is 1. The number of nitrogens with zero attached hydrogens (tertiary/aromatic N) is 5. The molecule has 1 fully saturated rings. The van der Waals surface area contributed by atoms with Crippen molar-refractivity contribution < 1.29 is 14.6 Å². The Morgan fingerprint density at radius 3 is 2.93 bits per heavy atom. The molecule has 1 saturated heterocycles. The van der Waals surface area contributed by atoms with Crippen LogP contribution in [0, 0.1) is 6.92 Å². The van der Waals surface area contributed by atoms with Crippen LogP contribution in [0.15, 0.2) is 36.5 Å². The van der Waals surface area contributed by atoms with E-state index in [9.17, 15) is 9.90 Å². The fourth-order valence-corrected chi connectivity index (χ4v) is 3.59. The molecule has 0 saturated carbocycles. The predicted octanol–water partition coefficient (Wildman–Crippen LogP) is 1.66. The van der Waals surface area contributed by atoms with Crippen LogP contribution in [0.4, 0.5) is 0 Å². The second-order valence-corrected chi connectivity index (χ2v) is 6.73. The summed E-state index contributed by atoms with van der Waals surface area (Å²) in [5.74, 6) is 0.201. The summed E-state index contributed by atoms with van der Waals surface area (Å²) in [7, 11) is 0. The summed E-state index contributed by atoms with van der Waals surface area (Å²) in [6.07, 6.45) is 1.14. The smallest absolute Gasteiger partial charge is 0.292 e. The summed E-state index contributed by atoms with van der Waals surface area (Å²) >= 11 is 6.37. The van der Waals surface area contributed by atoms with E-state index in [2.05, 4.69) is 15.2 Å². The van der Waals surface area contributed by atoms with Crippen molar-refractivity contribution in [3.8, 4) is 0 Å². The second kappa shape index (κ2) is 7.22. The molecule has 4 rings (SSSR count). The van der Waals surface area contributed by atoms with E-state index in [0.29, 0.717) is 29.5 Å². The molecule has 2 atom stereocenters. The topological polar surface area (TPSA) is 92.9 Å². The molecule has 8 nitrogen and oxygen atoms in total. The number of ether oxygens (including phenoxy) is 1.